The van der Waals surface area contributed by atoms with Gasteiger partial charge in [-0.25, -0.2) is 4.98 Å². The van der Waals surface area contributed by atoms with Crippen LogP contribution in [-0.2, 0) is 4.79 Å². The molecule has 3 rings (SSSR count). The van der Waals surface area contributed by atoms with Crippen LogP contribution in [0, 0.1) is 5.92 Å². The van der Waals surface area contributed by atoms with Crippen molar-refractivity contribution in [1.29, 1.82) is 0 Å². The van der Waals surface area contributed by atoms with Crippen molar-refractivity contribution in [2.45, 2.75) is 77.2 Å². The summed E-state index contributed by atoms with van der Waals surface area (Å²) in [7, 11) is 0. The summed E-state index contributed by atoms with van der Waals surface area (Å²) >= 11 is 1.57. The molecular formula is C19H28N2O2S. The number of likely N-dealkylation sites (tertiary alicyclic amines) is 1. The Hall–Kier alpha value is -1.23. The van der Waals surface area contributed by atoms with Crippen LogP contribution in [0.25, 0.3) is 0 Å². The zero-order valence-corrected chi connectivity index (χ0v) is 15.6. The fourth-order valence-electron chi connectivity index (χ4n) is 4.02. The Morgan fingerprint density at radius 2 is 2.00 bits per heavy atom. The van der Waals surface area contributed by atoms with Gasteiger partial charge in [0, 0.05) is 36.2 Å². The molecule has 1 aromatic heterocycles. The predicted molar refractivity (Wildman–Crippen MR) is 96.5 cm³/mol. The average Bonchev–Trinajstić information content (AvgIpc) is 2.94. The Bertz CT molecular complexity index is 596. The minimum Gasteiger partial charge on any atom is -0.334 e. The molecule has 1 aliphatic carbocycles. The number of thiazole rings is 1. The lowest BCUT2D eigenvalue weighted by Gasteiger charge is -2.36. The summed E-state index contributed by atoms with van der Waals surface area (Å²) in [6.07, 6.45) is 8.03. The van der Waals surface area contributed by atoms with Crippen molar-refractivity contribution < 1.29 is 9.59 Å². The molecule has 24 heavy (non-hydrogen) atoms. The van der Waals surface area contributed by atoms with Gasteiger partial charge in [-0.2, -0.15) is 0 Å². The van der Waals surface area contributed by atoms with E-state index in [4.69, 9.17) is 0 Å². The van der Waals surface area contributed by atoms with Crippen LogP contribution in [0.4, 0.5) is 0 Å². The van der Waals surface area contributed by atoms with Gasteiger partial charge in [0.25, 0.3) is 5.91 Å². The third-order valence-electron chi connectivity index (χ3n) is 5.36. The molecule has 2 fully saturated rings. The van der Waals surface area contributed by atoms with Crippen molar-refractivity contribution in [3.63, 3.8) is 0 Å². The normalized spacial score (nSPS) is 25.8. The molecule has 1 saturated carbocycles. The maximum absolute atomic E-state index is 13.1. The number of amides is 1. The number of carbonyl (C=O) groups excluding carboxylic acids is 2. The summed E-state index contributed by atoms with van der Waals surface area (Å²) in [6.45, 7) is 4.97. The first-order valence-electron chi connectivity index (χ1n) is 9.37. The van der Waals surface area contributed by atoms with Crippen molar-refractivity contribution in [3.8, 4) is 0 Å². The van der Waals surface area contributed by atoms with Crippen LogP contribution in [0.15, 0.2) is 5.38 Å². The van der Waals surface area contributed by atoms with E-state index in [1.165, 1.54) is 0 Å². The zero-order valence-electron chi connectivity index (χ0n) is 14.8. The van der Waals surface area contributed by atoms with Gasteiger partial charge in [0.2, 0.25) is 0 Å². The van der Waals surface area contributed by atoms with Crippen LogP contribution >= 0.6 is 11.3 Å². The van der Waals surface area contributed by atoms with E-state index < -0.39 is 0 Å². The van der Waals surface area contributed by atoms with Crippen LogP contribution in [0.3, 0.4) is 0 Å². The SMILES string of the molecule is CC(C)c1nc(C(=O)N2CCCCC[C@H]2[C@H]2CCCCC2=O)cs1. The van der Waals surface area contributed by atoms with Gasteiger partial charge in [0.1, 0.15) is 11.5 Å². The van der Waals surface area contributed by atoms with E-state index in [2.05, 4.69) is 18.8 Å². The molecule has 2 atom stereocenters. The third kappa shape index (κ3) is 3.71. The van der Waals surface area contributed by atoms with E-state index in [1.807, 2.05) is 10.3 Å². The second-order valence-electron chi connectivity index (χ2n) is 7.46. The molecule has 1 aromatic rings. The van der Waals surface area contributed by atoms with Gasteiger partial charge >= 0.3 is 0 Å². The molecule has 0 unspecified atom stereocenters. The molecule has 1 saturated heterocycles. The number of hydrogen-bond donors (Lipinski definition) is 0. The van der Waals surface area contributed by atoms with Gasteiger partial charge in [0.15, 0.2) is 0 Å². The van der Waals surface area contributed by atoms with Crippen LogP contribution in [-0.4, -0.2) is 34.2 Å². The fourth-order valence-corrected chi connectivity index (χ4v) is 4.83. The summed E-state index contributed by atoms with van der Waals surface area (Å²) in [5.41, 5.74) is 0.568. The molecule has 4 nitrogen and oxygen atoms in total. The quantitative estimate of drug-likeness (QED) is 0.813. The first-order valence-corrected chi connectivity index (χ1v) is 10.2. The molecule has 5 heteroatoms. The lowest BCUT2D eigenvalue weighted by Crippen LogP contribution is -2.47. The van der Waals surface area contributed by atoms with Crippen molar-refractivity contribution in [3.05, 3.63) is 16.1 Å². The number of rotatable bonds is 3. The molecule has 0 radical (unpaired) electrons. The first-order chi connectivity index (χ1) is 11.6. The topological polar surface area (TPSA) is 50.3 Å². The zero-order chi connectivity index (χ0) is 17.1. The molecule has 1 aliphatic heterocycles. The maximum Gasteiger partial charge on any atom is 0.273 e. The molecular weight excluding hydrogens is 320 g/mol. The first kappa shape index (κ1) is 17.6. The Labute approximate surface area is 148 Å². The minimum absolute atomic E-state index is 0.0309. The molecule has 132 valence electrons. The fraction of sp³-hybridized carbons (Fsp3) is 0.737. The highest BCUT2D eigenvalue weighted by Crippen LogP contribution is 2.32. The summed E-state index contributed by atoms with van der Waals surface area (Å²) in [5.74, 6) is 0.788. The van der Waals surface area contributed by atoms with E-state index in [9.17, 15) is 9.59 Å². The summed E-state index contributed by atoms with van der Waals surface area (Å²) in [6, 6.07) is 0.0806. The number of Topliss-reactive ketones (excluding diaryl/α,β-unsaturated/α-hetero) is 1. The highest BCUT2D eigenvalue weighted by molar-refractivity contribution is 7.09. The molecule has 0 spiro atoms. The summed E-state index contributed by atoms with van der Waals surface area (Å²) in [5, 5.41) is 2.90. The van der Waals surface area contributed by atoms with Crippen LogP contribution in [0.5, 0.6) is 0 Å². The highest BCUT2D eigenvalue weighted by atomic mass is 32.1. The van der Waals surface area contributed by atoms with Gasteiger partial charge < -0.3 is 4.90 Å². The molecule has 2 heterocycles. The number of nitrogens with zero attached hydrogens (tertiary/aromatic N) is 2. The van der Waals surface area contributed by atoms with Crippen molar-refractivity contribution in [2.24, 2.45) is 5.92 Å². The number of hydrogen-bond acceptors (Lipinski definition) is 4. The number of carbonyl (C=O) groups is 2. The molecule has 0 N–H and O–H groups in total. The van der Waals surface area contributed by atoms with Gasteiger partial charge in [-0.3, -0.25) is 9.59 Å². The standard InChI is InChI=1S/C19H28N2O2S/c1-13(2)18-20-15(12-24-18)19(23)21-11-7-3-4-9-16(21)14-8-5-6-10-17(14)22/h12-14,16H,3-11H2,1-2H3/t14-,16+/m1/s1. The number of ketones is 1. The van der Waals surface area contributed by atoms with Crippen LogP contribution < -0.4 is 0 Å². The van der Waals surface area contributed by atoms with Crippen molar-refractivity contribution in [2.75, 3.05) is 6.54 Å². The van der Waals surface area contributed by atoms with Crippen molar-refractivity contribution in [1.82, 2.24) is 9.88 Å². The maximum atomic E-state index is 13.1. The van der Waals surface area contributed by atoms with Gasteiger partial charge in [-0.05, 0) is 25.7 Å². The predicted octanol–water partition coefficient (Wildman–Crippen LogP) is 4.41. The van der Waals surface area contributed by atoms with E-state index in [0.29, 0.717) is 23.8 Å². The smallest absolute Gasteiger partial charge is 0.273 e. The average molecular weight is 349 g/mol. The van der Waals surface area contributed by atoms with E-state index in [0.717, 1.165) is 56.5 Å². The number of aromatic nitrogens is 1. The second-order valence-corrected chi connectivity index (χ2v) is 8.35. The summed E-state index contributed by atoms with van der Waals surface area (Å²) < 4.78 is 0. The molecule has 2 aliphatic rings. The largest absolute Gasteiger partial charge is 0.334 e. The van der Waals surface area contributed by atoms with Gasteiger partial charge in [-0.15, -0.1) is 11.3 Å². The molecule has 0 bridgehead atoms. The molecule has 0 aromatic carbocycles. The van der Waals surface area contributed by atoms with Gasteiger partial charge in [-0.1, -0.05) is 33.1 Å². The second kappa shape index (κ2) is 7.77. The Kier molecular flexibility index (Phi) is 5.69. The van der Waals surface area contributed by atoms with E-state index >= 15 is 0 Å². The monoisotopic (exact) mass is 348 g/mol. The lowest BCUT2D eigenvalue weighted by atomic mass is 9.80. The Morgan fingerprint density at radius 3 is 2.71 bits per heavy atom. The lowest BCUT2D eigenvalue weighted by molar-refractivity contribution is -0.126. The van der Waals surface area contributed by atoms with Crippen molar-refractivity contribution >= 4 is 23.0 Å². The molecule has 1 amide bonds. The van der Waals surface area contributed by atoms with E-state index in [1.54, 1.807) is 11.3 Å². The van der Waals surface area contributed by atoms with Gasteiger partial charge in [0.05, 0.1) is 5.01 Å². The highest BCUT2D eigenvalue weighted by Gasteiger charge is 2.37. The summed E-state index contributed by atoms with van der Waals surface area (Å²) in [4.78, 5) is 32.1. The minimum atomic E-state index is 0.0309. The van der Waals surface area contributed by atoms with E-state index in [-0.39, 0.29) is 17.9 Å². The Balaban J connectivity index is 1.83. The Morgan fingerprint density at radius 1 is 1.21 bits per heavy atom. The third-order valence-corrected chi connectivity index (χ3v) is 6.51. The van der Waals surface area contributed by atoms with Crippen LogP contribution in [0.2, 0.25) is 0 Å². The van der Waals surface area contributed by atoms with Crippen LogP contribution in [0.1, 0.15) is 86.6 Å².